The highest BCUT2D eigenvalue weighted by atomic mass is 16.2. The van der Waals surface area contributed by atoms with Crippen molar-refractivity contribution in [3.8, 4) is 17.5 Å². The Morgan fingerprint density at radius 3 is 2.58 bits per heavy atom. The quantitative estimate of drug-likeness (QED) is 0.629. The maximum absolute atomic E-state index is 13.3. The number of piperidine rings is 1. The third kappa shape index (κ3) is 4.58. The van der Waals surface area contributed by atoms with Crippen LogP contribution in [0.4, 0.5) is 0 Å². The van der Waals surface area contributed by atoms with E-state index in [0.29, 0.717) is 54.0 Å². The molecule has 3 aromatic heterocycles. The van der Waals surface area contributed by atoms with Crippen molar-refractivity contribution < 1.29 is 9.59 Å². The van der Waals surface area contributed by atoms with Gasteiger partial charge in [0.1, 0.15) is 22.9 Å². The van der Waals surface area contributed by atoms with Gasteiger partial charge in [0.2, 0.25) is 5.91 Å². The summed E-state index contributed by atoms with van der Waals surface area (Å²) in [7, 11) is 1.87. The predicted octanol–water partition coefficient (Wildman–Crippen LogP) is 2.27. The van der Waals surface area contributed by atoms with Crippen LogP contribution in [-0.4, -0.2) is 60.3 Å². The summed E-state index contributed by atoms with van der Waals surface area (Å²) < 4.78 is 1.81. The lowest BCUT2D eigenvalue weighted by molar-refractivity contribution is -0.137. The van der Waals surface area contributed by atoms with Crippen LogP contribution in [0.3, 0.4) is 0 Å². The number of carbonyl (C=O) groups excluding carboxylic acids is 2. The standard InChI is InChI=1S/C23H28N8O2/c1-23(2,3)19(22(33)31-7-5-14(9-24)6-8-31)29-21(32)15-10-25-20-18(15)28-16(11-26-20)17-12-30(4)13-27-17/h10-14,19H,5-8H2,1-4H3,(H,25,26)(H,29,32)/t19-/m0/s1. The molecule has 0 saturated carbocycles. The number of aryl methyl sites for hydroxylation is 1. The Morgan fingerprint density at radius 1 is 1.24 bits per heavy atom. The number of hydrogen-bond acceptors (Lipinski definition) is 6. The van der Waals surface area contributed by atoms with Gasteiger partial charge in [-0.15, -0.1) is 0 Å². The largest absolute Gasteiger partial charge is 0.344 e. The summed E-state index contributed by atoms with van der Waals surface area (Å²) in [6.45, 7) is 6.81. The maximum atomic E-state index is 13.3. The lowest BCUT2D eigenvalue weighted by atomic mass is 9.85. The Morgan fingerprint density at radius 2 is 1.97 bits per heavy atom. The van der Waals surface area contributed by atoms with Gasteiger partial charge in [0.15, 0.2) is 5.65 Å². The van der Waals surface area contributed by atoms with Crippen LogP contribution in [0, 0.1) is 22.7 Å². The van der Waals surface area contributed by atoms with Gasteiger partial charge in [-0.05, 0) is 18.3 Å². The first-order valence-electron chi connectivity index (χ1n) is 11.0. The van der Waals surface area contributed by atoms with Crippen molar-refractivity contribution in [2.45, 2.75) is 39.7 Å². The van der Waals surface area contributed by atoms with Crippen molar-refractivity contribution in [2.24, 2.45) is 18.4 Å². The first-order valence-corrected chi connectivity index (χ1v) is 11.0. The average molecular weight is 449 g/mol. The molecule has 10 heteroatoms. The monoisotopic (exact) mass is 448 g/mol. The fraction of sp³-hybridized carbons (Fsp3) is 0.478. The van der Waals surface area contributed by atoms with E-state index in [1.807, 2.05) is 38.6 Å². The molecule has 0 aromatic carbocycles. The van der Waals surface area contributed by atoms with E-state index in [1.54, 1.807) is 23.6 Å². The number of likely N-dealkylation sites (tertiary alicyclic amines) is 1. The number of hydrogen-bond donors (Lipinski definition) is 2. The highest BCUT2D eigenvalue weighted by Gasteiger charge is 2.37. The van der Waals surface area contributed by atoms with Gasteiger partial charge in [-0.3, -0.25) is 9.59 Å². The van der Waals surface area contributed by atoms with Crippen LogP contribution in [0.15, 0.2) is 24.9 Å². The first-order chi connectivity index (χ1) is 15.7. The van der Waals surface area contributed by atoms with Gasteiger partial charge in [0.25, 0.3) is 5.91 Å². The highest BCUT2D eigenvalue weighted by molar-refractivity contribution is 6.06. The predicted molar refractivity (Wildman–Crippen MR) is 122 cm³/mol. The van der Waals surface area contributed by atoms with E-state index in [-0.39, 0.29) is 11.8 Å². The molecular formula is C23H28N8O2. The molecular weight excluding hydrogens is 420 g/mol. The molecule has 0 bridgehead atoms. The lowest BCUT2D eigenvalue weighted by Crippen LogP contribution is -2.56. The number of amides is 2. The van der Waals surface area contributed by atoms with E-state index in [0.717, 1.165) is 0 Å². The van der Waals surface area contributed by atoms with Crippen LogP contribution in [0.2, 0.25) is 0 Å². The van der Waals surface area contributed by atoms with Crippen molar-refractivity contribution in [1.82, 2.24) is 34.7 Å². The second-order valence-electron chi connectivity index (χ2n) is 9.58. The molecule has 4 rings (SSSR count). The highest BCUT2D eigenvalue weighted by Crippen LogP contribution is 2.26. The number of rotatable bonds is 4. The van der Waals surface area contributed by atoms with Crippen LogP contribution in [0.1, 0.15) is 44.0 Å². The number of nitrogens with one attached hydrogen (secondary N) is 2. The topological polar surface area (TPSA) is 133 Å². The molecule has 10 nitrogen and oxygen atoms in total. The van der Waals surface area contributed by atoms with E-state index in [2.05, 4.69) is 31.3 Å². The SMILES string of the molecule is Cn1cnc(-c2cnc3[nH]cc(C(=O)N[C@@H](C(=O)N4CCC(C#N)CC4)C(C)(C)C)c3n2)c1. The number of aromatic amines is 1. The zero-order valence-corrected chi connectivity index (χ0v) is 19.3. The number of nitrogens with zero attached hydrogens (tertiary/aromatic N) is 6. The van der Waals surface area contributed by atoms with Gasteiger partial charge in [-0.25, -0.2) is 15.0 Å². The molecule has 1 aliphatic heterocycles. The fourth-order valence-corrected chi connectivity index (χ4v) is 4.00. The molecule has 0 aliphatic carbocycles. The smallest absolute Gasteiger partial charge is 0.255 e. The van der Waals surface area contributed by atoms with Gasteiger partial charge >= 0.3 is 0 Å². The van der Waals surface area contributed by atoms with Crippen molar-refractivity contribution in [1.29, 1.82) is 5.26 Å². The Balaban J connectivity index is 1.58. The molecule has 33 heavy (non-hydrogen) atoms. The van der Waals surface area contributed by atoms with Crippen LogP contribution in [-0.2, 0) is 11.8 Å². The van der Waals surface area contributed by atoms with Crippen LogP contribution >= 0.6 is 0 Å². The van der Waals surface area contributed by atoms with Crippen molar-refractivity contribution in [2.75, 3.05) is 13.1 Å². The maximum Gasteiger partial charge on any atom is 0.255 e. The van der Waals surface area contributed by atoms with Gasteiger partial charge in [-0.1, -0.05) is 20.8 Å². The van der Waals surface area contributed by atoms with Crippen LogP contribution < -0.4 is 5.32 Å². The molecule has 2 amide bonds. The summed E-state index contributed by atoms with van der Waals surface area (Å²) in [6.07, 6.45) is 7.97. The summed E-state index contributed by atoms with van der Waals surface area (Å²) in [5.41, 5.74) is 1.93. The molecule has 1 aliphatic rings. The van der Waals surface area contributed by atoms with E-state index in [9.17, 15) is 9.59 Å². The third-order valence-corrected chi connectivity index (χ3v) is 5.97. The minimum atomic E-state index is -0.722. The number of aromatic nitrogens is 5. The van der Waals surface area contributed by atoms with Crippen molar-refractivity contribution in [3.05, 3.63) is 30.5 Å². The molecule has 1 fully saturated rings. The second-order valence-corrected chi connectivity index (χ2v) is 9.58. The summed E-state index contributed by atoms with van der Waals surface area (Å²) in [5.74, 6) is -0.545. The second kappa shape index (κ2) is 8.65. The lowest BCUT2D eigenvalue weighted by Gasteiger charge is -2.37. The fourth-order valence-electron chi connectivity index (χ4n) is 4.00. The third-order valence-electron chi connectivity index (χ3n) is 5.97. The molecule has 0 unspecified atom stereocenters. The Bertz CT molecular complexity index is 1220. The summed E-state index contributed by atoms with van der Waals surface area (Å²) in [4.78, 5) is 44.6. The molecule has 3 aromatic rings. The minimum Gasteiger partial charge on any atom is -0.344 e. The average Bonchev–Trinajstić information content (AvgIpc) is 3.42. The zero-order chi connectivity index (χ0) is 23.8. The summed E-state index contributed by atoms with van der Waals surface area (Å²) in [5, 5.41) is 12.1. The number of nitriles is 1. The summed E-state index contributed by atoms with van der Waals surface area (Å²) >= 11 is 0. The normalized spacial score (nSPS) is 15.9. The molecule has 0 spiro atoms. The molecule has 2 N–H and O–H groups in total. The number of fused-ring (bicyclic) bond motifs is 1. The number of imidazole rings is 1. The molecule has 172 valence electrons. The Kier molecular flexibility index (Phi) is 5.89. The van der Waals surface area contributed by atoms with Gasteiger partial charge in [0, 0.05) is 38.4 Å². The van der Waals surface area contributed by atoms with Gasteiger partial charge in [-0.2, -0.15) is 5.26 Å². The Labute approximate surface area is 192 Å². The Hall–Kier alpha value is -3.74. The van der Waals surface area contributed by atoms with Gasteiger partial charge < -0.3 is 19.8 Å². The molecule has 1 saturated heterocycles. The van der Waals surface area contributed by atoms with Crippen molar-refractivity contribution in [3.63, 3.8) is 0 Å². The number of H-pyrrole nitrogens is 1. The van der Waals surface area contributed by atoms with Crippen molar-refractivity contribution >= 4 is 23.0 Å². The van der Waals surface area contributed by atoms with Crippen LogP contribution in [0.5, 0.6) is 0 Å². The van der Waals surface area contributed by atoms with Crippen LogP contribution in [0.25, 0.3) is 22.6 Å². The zero-order valence-electron chi connectivity index (χ0n) is 19.3. The first kappa shape index (κ1) is 22.5. The molecule has 1 atom stereocenters. The van der Waals surface area contributed by atoms with E-state index in [4.69, 9.17) is 5.26 Å². The van der Waals surface area contributed by atoms with E-state index >= 15 is 0 Å². The summed E-state index contributed by atoms with van der Waals surface area (Å²) in [6, 6.07) is 1.56. The molecule has 4 heterocycles. The van der Waals surface area contributed by atoms with E-state index < -0.39 is 17.4 Å². The van der Waals surface area contributed by atoms with E-state index in [1.165, 1.54) is 0 Å². The van der Waals surface area contributed by atoms with Gasteiger partial charge in [0.05, 0.1) is 24.2 Å². The molecule has 0 radical (unpaired) electrons. The minimum absolute atomic E-state index is 0.0187. The number of carbonyl (C=O) groups is 2.